The molecule has 1 aromatic carbocycles. The van der Waals surface area contributed by atoms with Crippen LogP contribution in [0.3, 0.4) is 0 Å². The highest BCUT2D eigenvalue weighted by molar-refractivity contribution is 7.17. The second kappa shape index (κ2) is 6.42. The molecule has 3 rings (SSSR count). The predicted molar refractivity (Wildman–Crippen MR) is 87.6 cm³/mol. The number of rotatable bonds is 4. The fraction of sp³-hybridized carbons (Fsp3) is 0.294. The molecular formula is C17H17NO4S. The Hall–Kier alpha value is -2.34. The number of thiophene rings is 1. The molecule has 1 unspecified atom stereocenters. The van der Waals surface area contributed by atoms with Gasteiger partial charge in [-0.05, 0) is 32.0 Å². The number of esters is 1. The van der Waals surface area contributed by atoms with Crippen molar-refractivity contribution in [3.05, 3.63) is 40.8 Å². The summed E-state index contributed by atoms with van der Waals surface area (Å²) in [5.41, 5.74) is 1.99. The Balaban J connectivity index is 1.80. The monoisotopic (exact) mass is 331 g/mol. The molecule has 0 aliphatic carbocycles. The summed E-state index contributed by atoms with van der Waals surface area (Å²) in [6.45, 7) is 4.09. The second-order valence-electron chi connectivity index (χ2n) is 5.20. The minimum atomic E-state index is -0.676. The molecule has 2 aromatic rings. The van der Waals surface area contributed by atoms with E-state index in [1.807, 2.05) is 30.3 Å². The maximum atomic E-state index is 12.3. The molecule has 1 aliphatic rings. The fourth-order valence-corrected chi connectivity index (χ4v) is 3.51. The highest BCUT2D eigenvalue weighted by Gasteiger charge is 2.24. The van der Waals surface area contributed by atoms with Crippen LogP contribution in [0.25, 0.3) is 10.4 Å². The zero-order valence-corrected chi connectivity index (χ0v) is 13.7. The summed E-state index contributed by atoms with van der Waals surface area (Å²) < 4.78 is 10.6. The van der Waals surface area contributed by atoms with Crippen molar-refractivity contribution in [2.45, 2.75) is 26.5 Å². The van der Waals surface area contributed by atoms with E-state index in [2.05, 4.69) is 5.32 Å². The van der Waals surface area contributed by atoms with Crippen LogP contribution in [0.2, 0.25) is 0 Å². The average Bonchev–Trinajstić information content (AvgIpc) is 2.99. The predicted octanol–water partition coefficient (Wildman–Crippen LogP) is 2.99. The molecule has 0 fully saturated rings. The Bertz CT molecular complexity index is 753. The molecule has 5 nitrogen and oxygen atoms in total. The number of amides is 1. The number of nitrogens with one attached hydrogen (secondary N) is 1. The van der Waals surface area contributed by atoms with Crippen LogP contribution in [0.15, 0.2) is 30.3 Å². The molecule has 1 N–H and O–H groups in total. The summed E-state index contributed by atoms with van der Waals surface area (Å²) in [5, 5.41) is 2.67. The first-order chi connectivity index (χ1) is 11.1. The smallest absolute Gasteiger partial charge is 0.328 e. The number of benzene rings is 1. The number of carbonyl (C=O) groups is 2. The van der Waals surface area contributed by atoms with Crippen LogP contribution in [0.4, 0.5) is 0 Å². The minimum Gasteiger partial charge on any atom is -0.488 e. The molecule has 120 valence electrons. The summed E-state index contributed by atoms with van der Waals surface area (Å²) in [6, 6.07) is 8.91. The Morgan fingerprint density at radius 3 is 2.96 bits per heavy atom. The lowest BCUT2D eigenvalue weighted by molar-refractivity contribution is -0.144. The van der Waals surface area contributed by atoms with E-state index < -0.39 is 12.0 Å². The quantitative estimate of drug-likeness (QED) is 0.875. The lowest BCUT2D eigenvalue weighted by Crippen LogP contribution is -2.39. The molecule has 23 heavy (non-hydrogen) atoms. The van der Waals surface area contributed by atoms with Crippen molar-refractivity contribution in [1.29, 1.82) is 0 Å². The van der Waals surface area contributed by atoms with Crippen molar-refractivity contribution in [2.24, 2.45) is 0 Å². The summed E-state index contributed by atoms with van der Waals surface area (Å²) in [6.07, 6.45) is 0. The third-order valence-electron chi connectivity index (χ3n) is 3.54. The van der Waals surface area contributed by atoms with Crippen molar-refractivity contribution >= 4 is 23.2 Å². The van der Waals surface area contributed by atoms with Gasteiger partial charge in [0.15, 0.2) is 0 Å². The molecular weight excluding hydrogens is 314 g/mol. The Morgan fingerprint density at radius 1 is 1.39 bits per heavy atom. The van der Waals surface area contributed by atoms with E-state index in [9.17, 15) is 9.59 Å². The van der Waals surface area contributed by atoms with Crippen molar-refractivity contribution in [3.8, 4) is 16.2 Å². The van der Waals surface area contributed by atoms with E-state index in [1.54, 1.807) is 13.8 Å². The Kier molecular flexibility index (Phi) is 4.34. The summed E-state index contributed by atoms with van der Waals surface area (Å²) in [4.78, 5) is 25.6. The van der Waals surface area contributed by atoms with Gasteiger partial charge in [0.1, 0.15) is 18.4 Å². The van der Waals surface area contributed by atoms with Crippen LogP contribution in [0.5, 0.6) is 5.75 Å². The summed E-state index contributed by atoms with van der Waals surface area (Å²) in [5.74, 6) is 0.118. The molecule has 0 saturated heterocycles. The van der Waals surface area contributed by atoms with Gasteiger partial charge in [0, 0.05) is 16.0 Å². The van der Waals surface area contributed by atoms with Gasteiger partial charge in [0.05, 0.1) is 11.5 Å². The molecule has 0 radical (unpaired) electrons. The highest BCUT2D eigenvalue weighted by atomic mass is 32.1. The summed E-state index contributed by atoms with van der Waals surface area (Å²) >= 11 is 1.41. The molecule has 1 amide bonds. The van der Waals surface area contributed by atoms with Crippen molar-refractivity contribution in [2.75, 3.05) is 6.61 Å². The molecule has 1 aromatic heterocycles. The van der Waals surface area contributed by atoms with Crippen LogP contribution in [0.1, 0.15) is 29.1 Å². The molecule has 6 heteroatoms. The lowest BCUT2D eigenvalue weighted by atomic mass is 10.1. The van der Waals surface area contributed by atoms with Crippen LogP contribution in [-0.2, 0) is 16.1 Å². The first kappa shape index (κ1) is 15.6. The first-order valence-electron chi connectivity index (χ1n) is 7.42. The zero-order valence-electron chi connectivity index (χ0n) is 12.9. The van der Waals surface area contributed by atoms with Crippen LogP contribution in [0, 0.1) is 0 Å². The van der Waals surface area contributed by atoms with Gasteiger partial charge >= 0.3 is 5.97 Å². The molecule has 1 atom stereocenters. The van der Waals surface area contributed by atoms with Gasteiger partial charge in [-0.25, -0.2) is 4.79 Å². The van der Waals surface area contributed by atoms with Crippen LogP contribution >= 0.6 is 11.3 Å². The van der Waals surface area contributed by atoms with E-state index in [0.29, 0.717) is 18.1 Å². The standard InChI is InChI=1S/C17H17NO4S/c1-3-21-17(20)10(2)18-16(19)14-8-11-9-22-13-7-5-4-6-12(13)15(11)23-14/h4-8,10H,3,9H2,1-2H3,(H,18,19). The van der Waals surface area contributed by atoms with Crippen molar-refractivity contribution in [1.82, 2.24) is 5.32 Å². The topological polar surface area (TPSA) is 64.6 Å². The van der Waals surface area contributed by atoms with Gasteiger partial charge in [0.25, 0.3) is 5.91 Å². The van der Waals surface area contributed by atoms with E-state index in [0.717, 1.165) is 21.8 Å². The number of carbonyl (C=O) groups excluding carboxylic acids is 2. The maximum Gasteiger partial charge on any atom is 0.328 e. The number of fused-ring (bicyclic) bond motifs is 3. The summed E-state index contributed by atoms with van der Waals surface area (Å²) in [7, 11) is 0. The van der Waals surface area contributed by atoms with E-state index in [-0.39, 0.29) is 5.91 Å². The number of para-hydroxylation sites is 1. The second-order valence-corrected chi connectivity index (χ2v) is 6.25. The minimum absolute atomic E-state index is 0.276. The van der Waals surface area contributed by atoms with Gasteiger partial charge in [-0.3, -0.25) is 4.79 Å². The normalized spacial score (nSPS) is 13.3. The van der Waals surface area contributed by atoms with Gasteiger partial charge in [0.2, 0.25) is 0 Å². The van der Waals surface area contributed by atoms with E-state index in [1.165, 1.54) is 11.3 Å². The molecule has 2 heterocycles. The highest BCUT2D eigenvalue weighted by Crippen LogP contribution is 2.42. The number of hydrogen-bond donors (Lipinski definition) is 1. The number of hydrogen-bond acceptors (Lipinski definition) is 5. The van der Waals surface area contributed by atoms with Crippen molar-refractivity contribution < 1.29 is 19.1 Å². The zero-order chi connectivity index (χ0) is 16.4. The third-order valence-corrected chi connectivity index (χ3v) is 4.74. The Morgan fingerprint density at radius 2 is 2.17 bits per heavy atom. The fourth-order valence-electron chi connectivity index (χ4n) is 2.41. The van der Waals surface area contributed by atoms with Crippen molar-refractivity contribution in [3.63, 3.8) is 0 Å². The SMILES string of the molecule is CCOC(=O)C(C)NC(=O)c1cc2c(s1)-c1ccccc1OC2. The largest absolute Gasteiger partial charge is 0.488 e. The molecule has 0 spiro atoms. The molecule has 1 aliphatic heterocycles. The van der Waals surface area contributed by atoms with E-state index in [4.69, 9.17) is 9.47 Å². The average molecular weight is 331 g/mol. The lowest BCUT2D eigenvalue weighted by Gasteiger charge is -2.16. The number of ether oxygens (including phenoxy) is 2. The van der Waals surface area contributed by atoms with E-state index >= 15 is 0 Å². The van der Waals surface area contributed by atoms with Gasteiger partial charge in [-0.15, -0.1) is 11.3 Å². The maximum absolute atomic E-state index is 12.3. The van der Waals surface area contributed by atoms with Gasteiger partial charge in [-0.1, -0.05) is 12.1 Å². The van der Waals surface area contributed by atoms with Crippen LogP contribution in [-0.4, -0.2) is 24.5 Å². The first-order valence-corrected chi connectivity index (χ1v) is 8.24. The van der Waals surface area contributed by atoms with Gasteiger partial charge in [-0.2, -0.15) is 0 Å². The van der Waals surface area contributed by atoms with Crippen LogP contribution < -0.4 is 10.1 Å². The Labute approximate surface area is 138 Å². The third kappa shape index (κ3) is 3.07. The molecule has 0 saturated carbocycles. The van der Waals surface area contributed by atoms with Gasteiger partial charge < -0.3 is 14.8 Å². The molecule has 0 bridgehead atoms.